The van der Waals surface area contributed by atoms with Crippen LogP contribution in [0.15, 0.2) is 17.5 Å². The summed E-state index contributed by atoms with van der Waals surface area (Å²) in [7, 11) is 0. The third-order valence-corrected chi connectivity index (χ3v) is 3.30. The van der Waals surface area contributed by atoms with Gasteiger partial charge < -0.3 is 15.6 Å². The van der Waals surface area contributed by atoms with Gasteiger partial charge in [-0.2, -0.15) is 0 Å². The number of carbonyl (C=O) groups excluding carboxylic acids is 1. The van der Waals surface area contributed by atoms with E-state index >= 15 is 0 Å². The van der Waals surface area contributed by atoms with E-state index in [0.29, 0.717) is 0 Å². The van der Waals surface area contributed by atoms with Crippen molar-refractivity contribution in [3.8, 4) is 0 Å². The number of carboxylic acids is 1. The van der Waals surface area contributed by atoms with Gasteiger partial charge >= 0.3 is 11.9 Å². The van der Waals surface area contributed by atoms with Crippen molar-refractivity contribution >= 4 is 23.3 Å². The maximum Gasteiger partial charge on any atom is 0.316 e. The van der Waals surface area contributed by atoms with Gasteiger partial charge in [0.1, 0.15) is 11.5 Å². The van der Waals surface area contributed by atoms with Crippen LogP contribution in [0.1, 0.15) is 38.0 Å². The van der Waals surface area contributed by atoms with Crippen molar-refractivity contribution in [2.75, 3.05) is 0 Å². The van der Waals surface area contributed by atoms with Crippen molar-refractivity contribution in [1.29, 1.82) is 0 Å². The second kappa shape index (κ2) is 6.16. The van der Waals surface area contributed by atoms with Crippen LogP contribution in [0, 0.1) is 0 Å². The van der Waals surface area contributed by atoms with Gasteiger partial charge in [-0.25, -0.2) is 0 Å². The molecule has 106 valence electrons. The lowest BCUT2D eigenvalue weighted by molar-refractivity contribution is -0.157. The van der Waals surface area contributed by atoms with E-state index in [1.54, 1.807) is 32.9 Å². The number of nitrogens with two attached hydrogens (primary N) is 1. The zero-order chi connectivity index (χ0) is 14.6. The lowest BCUT2D eigenvalue weighted by Gasteiger charge is -2.26. The van der Waals surface area contributed by atoms with Gasteiger partial charge in [-0.05, 0) is 32.2 Å². The van der Waals surface area contributed by atoms with Gasteiger partial charge in [-0.3, -0.25) is 9.59 Å². The Bertz CT molecular complexity index is 436. The molecule has 0 fully saturated rings. The molecule has 0 bridgehead atoms. The van der Waals surface area contributed by atoms with Gasteiger partial charge in [0.05, 0.1) is 6.42 Å². The van der Waals surface area contributed by atoms with Crippen molar-refractivity contribution in [2.24, 2.45) is 5.73 Å². The van der Waals surface area contributed by atoms with Gasteiger partial charge in [-0.1, -0.05) is 6.07 Å². The van der Waals surface area contributed by atoms with Crippen molar-refractivity contribution in [3.05, 3.63) is 22.4 Å². The van der Waals surface area contributed by atoms with Crippen LogP contribution in [0.4, 0.5) is 0 Å². The van der Waals surface area contributed by atoms with E-state index in [1.807, 2.05) is 5.38 Å². The smallest absolute Gasteiger partial charge is 0.316 e. The van der Waals surface area contributed by atoms with E-state index in [-0.39, 0.29) is 6.42 Å². The highest BCUT2D eigenvalue weighted by Crippen LogP contribution is 2.28. The number of esters is 1. The summed E-state index contributed by atoms with van der Waals surface area (Å²) in [6.07, 6.45) is -0.276. The van der Waals surface area contributed by atoms with Crippen LogP contribution < -0.4 is 5.73 Å². The van der Waals surface area contributed by atoms with E-state index in [2.05, 4.69) is 0 Å². The molecule has 1 rings (SSSR count). The van der Waals surface area contributed by atoms with Crippen molar-refractivity contribution < 1.29 is 19.4 Å². The summed E-state index contributed by atoms with van der Waals surface area (Å²) in [5.74, 6) is -2.25. The van der Waals surface area contributed by atoms with Gasteiger partial charge in [0.2, 0.25) is 0 Å². The number of carboxylic acid groups (broad SMARTS) is 1. The van der Waals surface area contributed by atoms with Gasteiger partial charge in [0.15, 0.2) is 0 Å². The van der Waals surface area contributed by atoms with E-state index in [0.717, 1.165) is 4.88 Å². The van der Waals surface area contributed by atoms with Gasteiger partial charge in [0.25, 0.3) is 0 Å². The largest absolute Gasteiger partial charge is 0.481 e. The van der Waals surface area contributed by atoms with E-state index < -0.39 is 29.5 Å². The molecule has 0 radical (unpaired) electrons. The zero-order valence-electron chi connectivity index (χ0n) is 11.3. The first kappa shape index (κ1) is 15.7. The second-order valence-corrected chi connectivity index (χ2v) is 6.27. The minimum atomic E-state index is -1.03. The molecule has 2 atom stereocenters. The summed E-state index contributed by atoms with van der Waals surface area (Å²) in [5, 5.41) is 10.6. The number of aliphatic carboxylic acids is 1. The lowest BCUT2D eigenvalue weighted by atomic mass is 9.95. The molecule has 0 aromatic carbocycles. The van der Waals surface area contributed by atoms with Crippen LogP contribution in [0.2, 0.25) is 0 Å². The third-order valence-electron chi connectivity index (χ3n) is 2.35. The molecule has 0 spiro atoms. The average Bonchev–Trinajstić information content (AvgIpc) is 2.66. The Labute approximate surface area is 116 Å². The van der Waals surface area contributed by atoms with Gasteiger partial charge in [0, 0.05) is 10.9 Å². The second-order valence-electron chi connectivity index (χ2n) is 5.29. The van der Waals surface area contributed by atoms with E-state index in [1.165, 1.54) is 11.3 Å². The standard InChI is InChI=1S/C13H19NO4S/c1-13(2,3)18-12(17)11(8(14)7-10(15)16)9-5-4-6-19-9/h4-6,8,11H,7,14H2,1-3H3,(H,15,16)/t8-,11-/m1/s1. The highest BCUT2D eigenvalue weighted by molar-refractivity contribution is 7.10. The molecule has 6 heteroatoms. The predicted molar refractivity (Wildman–Crippen MR) is 73.1 cm³/mol. The molecule has 0 aliphatic rings. The molecule has 0 amide bonds. The van der Waals surface area contributed by atoms with Gasteiger partial charge in [-0.15, -0.1) is 11.3 Å². The fraction of sp³-hybridized carbons (Fsp3) is 0.538. The summed E-state index contributed by atoms with van der Waals surface area (Å²) in [6, 6.07) is 2.76. The molecule has 0 saturated heterocycles. The number of thiophene rings is 1. The maximum atomic E-state index is 12.2. The first-order valence-corrected chi connectivity index (χ1v) is 6.82. The Morgan fingerprint density at radius 3 is 2.53 bits per heavy atom. The molecule has 3 N–H and O–H groups in total. The number of hydrogen-bond acceptors (Lipinski definition) is 5. The Morgan fingerprint density at radius 2 is 2.11 bits per heavy atom. The molecule has 19 heavy (non-hydrogen) atoms. The average molecular weight is 285 g/mol. The van der Waals surface area contributed by atoms with Crippen LogP contribution in [0.3, 0.4) is 0 Å². The summed E-state index contributed by atoms with van der Waals surface area (Å²) < 4.78 is 5.32. The quantitative estimate of drug-likeness (QED) is 0.807. The van der Waals surface area contributed by atoms with Crippen LogP contribution >= 0.6 is 11.3 Å². The Hall–Kier alpha value is -1.40. The van der Waals surface area contributed by atoms with E-state index in [9.17, 15) is 9.59 Å². The Kier molecular flexibility index (Phi) is 5.08. The first-order valence-electron chi connectivity index (χ1n) is 5.94. The molecule has 1 aromatic rings. The zero-order valence-corrected chi connectivity index (χ0v) is 12.1. The molecule has 0 aliphatic heterocycles. The SMILES string of the molecule is CC(C)(C)OC(=O)[C@@H](c1cccs1)[C@H](N)CC(=O)O. The monoisotopic (exact) mass is 285 g/mol. The molecule has 0 saturated carbocycles. The number of rotatable bonds is 5. The highest BCUT2D eigenvalue weighted by atomic mass is 32.1. The minimum absolute atomic E-state index is 0.276. The Morgan fingerprint density at radius 1 is 1.47 bits per heavy atom. The third kappa shape index (κ3) is 5.00. The molecular formula is C13H19NO4S. The molecular weight excluding hydrogens is 266 g/mol. The number of hydrogen-bond donors (Lipinski definition) is 2. The summed E-state index contributed by atoms with van der Waals surface area (Å²) in [4.78, 5) is 23.7. The number of ether oxygens (including phenoxy) is 1. The highest BCUT2D eigenvalue weighted by Gasteiger charge is 2.33. The van der Waals surface area contributed by atoms with Crippen LogP contribution in [0.25, 0.3) is 0 Å². The molecule has 5 nitrogen and oxygen atoms in total. The predicted octanol–water partition coefficient (Wildman–Crippen LogP) is 1.98. The minimum Gasteiger partial charge on any atom is -0.481 e. The molecule has 0 unspecified atom stereocenters. The van der Waals surface area contributed by atoms with Crippen LogP contribution in [0.5, 0.6) is 0 Å². The van der Waals surface area contributed by atoms with Crippen molar-refractivity contribution in [3.63, 3.8) is 0 Å². The summed E-state index contributed by atoms with van der Waals surface area (Å²) >= 11 is 1.37. The van der Waals surface area contributed by atoms with Crippen LogP contribution in [-0.4, -0.2) is 28.7 Å². The van der Waals surface area contributed by atoms with Crippen LogP contribution in [-0.2, 0) is 14.3 Å². The maximum absolute atomic E-state index is 12.2. The summed E-state index contributed by atoms with van der Waals surface area (Å²) in [6.45, 7) is 5.29. The summed E-state index contributed by atoms with van der Waals surface area (Å²) in [5.41, 5.74) is 5.23. The van der Waals surface area contributed by atoms with Crippen molar-refractivity contribution in [1.82, 2.24) is 0 Å². The fourth-order valence-corrected chi connectivity index (χ4v) is 2.54. The first-order chi connectivity index (χ1) is 8.70. The molecule has 1 aromatic heterocycles. The fourth-order valence-electron chi connectivity index (χ4n) is 1.65. The molecule has 0 aliphatic carbocycles. The topological polar surface area (TPSA) is 89.6 Å². The normalized spacial score (nSPS) is 14.7. The number of carbonyl (C=O) groups is 2. The van der Waals surface area contributed by atoms with E-state index in [4.69, 9.17) is 15.6 Å². The lowest BCUT2D eigenvalue weighted by Crippen LogP contribution is -2.38. The van der Waals surface area contributed by atoms with Crippen molar-refractivity contribution in [2.45, 2.75) is 44.8 Å². The molecule has 1 heterocycles. The Balaban J connectivity index is 2.93.